The molecule has 0 aromatic rings. The molecule has 0 aromatic carbocycles. The minimum absolute atomic E-state index is 0.0254. The van der Waals surface area contributed by atoms with Gasteiger partial charge in [0.05, 0.1) is 13.0 Å². The largest absolute Gasteiger partial charge is 0.469 e. The molecule has 5 atom stereocenters. The first-order valence-corrected chi connectivity index (χ1v) is 4.37. The maximum Gasteiger partial charge on any atom is 0.309 e. The standard InChI is InChI=1S/C9H10O3/c1-12-9(11)7-4-2-3-5(7)6(3)8(4)10/h3-7H,2H2,1H3/t3?,4?,5?,6?,7-/m0/s1. The summed E-state index contributed by atoms with van der Waals surface area (Å²) < 4.78 is 4.69. The number of hydrogen-bond acceptors (Lipinski definition) is 3. The van der Waals surface area contributed by atoms with Gasteiger partial charge >= 0.3 is 5.97 Å². The summed E-state index contributed by atoms with van der Waals surface area (Å²) in [5.41, 5.74) is 0. The summed E-state index contributed by atoms with van der Waals surface area (Å²) in [7, 11) is 1.40. The molecule has 0 heterocycles. The van der Waals surface area contributed by atoms with Gasteiger partial charge in [-0.15, -0.1) is 0 Å². The average molecular weight is 166 g/mol. The van der Waals surface area contributed by atoms with Gasteiger partial charge in [0.1, 0.15) is 5.78 Å². The van der Waals surface area contributed by atoms with Crippen molar-refractivity contribution in [2.75, 3.05) is 7.11 Å². The van der Waals surface area contributed by atoms with Gasteiger partial charge in [-0.25, -0.2) is 0 Å². The summed E-state index contributed by atoms with van der Waals surface area (Å²) in [4.78, 5) is 22.7. The number of methoxy groups -OCH3 is 1. The molecule has 4 aliphatic rings. The van der Waals surface area contributed by atoms with Gasteiger partial charge in [0.25, 0.3) is 0 Å². The molecule has 0 saturated heterocycles. The highest BCUT2D eigenvalue weighted by atomic mass is 16.5. The Kier molecular flexibility index (Phi) is 0.955. The zero-order valence-electron chi connectivity index (χ0n) is 6.82. The molecule has 0 N–H and O–H groups in total. The zero-order valence-corrected chi connectivity index (χ0v) is 6.82. The van der Waals surface area contributed by atoms with Gasteiger partial charge in [-0.3, -0.25) is 9.59 Å². The van der Waals surface area contributed by atoms with Crippen LogP contribution in [0.4, 0.5) is 0 Å². The van der Waals surface area contributed by atoms with E-state index in [1.54, 1.807) is 0 Å². The predicted octanol–water partition coefficient (Wildman–Crippen LogP) is 0.240. The summed E-state index contributed by atoms with van der Waals surface area (Å²) in [5.74, 6) is 1.29. The Hall–Kier alpha value is -0.860. The molecular weight excluding hydrogens is 156 g/mol. The van der Waals surface area contributed by atoms with Crippen LogP contribution in [0.15, 0.2) is 0 Å². The van der Waals surface area contributed by atoms with Gasteiger partial charge < -0.3 is 4.74 Å². The normalized spacial score (nSPS) is 52.8. The lowest BCUT2D eigenvalue weighted by Gasteiger charge is -2.09. The third-order valence-electron chi connectivity index (χ3n) is 3.77. The van der Waals surface area contributed by atoms with E-state index in [0.717, 1.165) is 6.42 Å². The van der Waals surface area contributed by atoms with Gasteiger partial charge in [0, 0.05) is 11.8 Å². The molecular formula is C9H10O3. The van der Waals surface area contributed by atoms with Crippen molar-refractivity contribution in [1.82, 2.24) is 0 Å². The van der Waals surface area contributed by atoms with Crippen molar-refractivity contribution in [2.24, 2.45) is 29.6 Å². The van der Waals surface area contributed by atoms with Crippen molar-refractivity contribution in [3.63, 3.8) is 0 Å². The number of Topliss-reactive ketones (excluding diaryl/α,β-unsaturated/α-hetero) is 1. The summed E-state index contributed by atoms with van der Waals surface area (Å²) in [6.45, 7) is 0. The molecule has 4 bridgehead atoms. The second-order valence-corrected chi connectivity index (χ2v) is 4.06. The lowest BCUT2D eigenvalue weighted by Crippen LogP contribution is -2.21. The van der Waals surface area contributed by atoms with E-state index in [1.165, 1.54) is 7.11 Å². The Morgan fingerprint density at radius 3 is 2.67 bits per heavy atom. The topological polar surface area (TPSA) is 43.4 Å². The second kappa shape index (κ2) is 1.73. The molecule has 0 radical (unpaired) electrons. The van der Waals surface area contributed by atoms with Crippen molar-refractivity contribution >= 4 is 11.8 Å². The Morgan fingerprint density at radius 2 is 2.33 bits per heavy atom. The van der Waals surface area contributed by atoms with Crippen molar-refractivity contribution < 1.29 is 14.3 Å². The molecule has 4 unspecified atom stereocenters. The summed E-state index contributed by atoms with van der Waals surface area (Å²) in [5, 5.41) is 0. The van der Waals surface area contributed by atoms with Crippen molar-refractivity contribution in [2.45, 2.75) is 6.42 Å². The third-order valence-corrected chi connectivity index (χ3v) is 3.77. The minimum Gasteiger partial charge on any atom is -0.469 e. The Bertz CT molecular complexity index is 283. The Labute approximate surface area is 70.1 Å². The summed E-state index contributed by atoms with van der Waals surface area (Å²) in [6.07, 6.45) is 0.952. The molecule has 0 spiro atoms. The first-order valence-electron chi connectivity index (χ1n) is 4.37. The monoisotopic (exact) mass is 166 g/mol. The van der Waals surface area contributed by atoms with Crippen LogP contribution in [-0.4, -0.2) is 18.9 Å². The number of ether oxygens (including phenoxy) is 1. The number of hydrogen-bond donors (Lipinski definition) is 0. The number of ketones is 1. The molecule has 4 saturated carbocycles. The van der Waals surface area contributed by atoms with Gasteiger partial charge in [-0.1, -0.05) is 0 Å². The molecule has 4 fully saturated rings. The summed E-state index contributed by atoms with van der Waals surface area (Å²) >= 11 is 0. The van der Waals surface area contributed by atoms with Crippen molar-refractivity contribution in [3.05, 3.63) is 0 Å². The lowest BCUT2D eigenvalue weighted by molar-refractivity contribution is -0.147. The smallest absolute Gasteiger partial charge is 0.309 e. The van der Waals surface area contributed by atoms with E-state index in [9.17, 15) is 9.59 Å². The summed E-state index contributed by atoms with van der Waals surface area (Å²) in [6, 6.07) is 0. The molecule has 12 heavy (non-hydrogen) atoms. The highest BCUT2D eigenvalue weighted by molar-refractivity contribution is 5.98. The molecule has 3 heteroatoms. The fourth-order valence-electron chi connectivity index (χ4n) is 3.30. The van der Waals surface area contributed by atoms with E-state index in [0.29, 0.717) is 17.6 Å². The molecule has 4 rings (SSSR count). The second-order valence-electron chi connectivity index (χ2n) is 4.06. The number of carbonyl (C=O) groups excluding carboxylic acids is 2. The van der Waals surface area contributed by atoms with Gasteiger partial charge in [0.15, 0.2) is 0 Å². The highest BCUT2D eigenvalue weighted by Crippen LogP contribution is 2.71. The highest BCUT2D eigenvalue weighted by Gasteiger charge is 2.75. The van der Waals surface area contributed by atoms with E-state index in [4.69, 9.17) is 0 Å². The fourth-order valence-corrected chi connectivity index (χ4v) is 3.30. The van der Waals surface area contributed by atoms with Crippen LogP contribution in [0.2, 0.25) is 0 Å². The van der Waals surface area contributed by atoms with Crippen LogP contribution >= 0.6 is 0 Å². The SMILES string of the molecule is COC(=O)[C@H]1C2CC3C(C2=O)C31. The van der Waals surface area contributed by atoms with Gasteiger partial charge in [-0.2, -0.15) is 0 Å². The Balaban J connectivity index is 1.93. The fraction of sp³-hybridized carbons (Fsp3) is 0.778. The van der Waals surface area contributed by atoms with Crippen LogP contribution in [-0.2, 0) is 14.3 Å². The maximum atomic E-state index is 11.4. The predicted molar refractivity (Wildman–Crippen MR) is 39.1 cm³/mol. The molecule has 4 aliphatic carbocycles. The average Bonchev–Trinajstić information content (AvgIpc) is 2.42. The molecule has 0 aromatic heterocycles. The first kappa shape index (κ1) is 6.63. The Morgan fingerprint density at radius 1 is 1.58 bits per heavy atom. The van der Waals surface area contributed by atoms with Crippen LogP contribution in [0.3, 0.4) is 0 Å². The number of esters is 1. The van der Waals surface area contributed by atoms with Crippen LogP contribution in [0.5, 0.6) is 0 Å². The van der Waals surface area contributed by atoms with E-state index >= 15 is 0 Å². The van der Waals surface area contributed by atoms with Crippen LogP contribution in [0.25, 0.3) is 0 Å². The van der Waals surface area contributed by atoms with Gasteiger partial charge in [0.2, 0.25) is 0 Å². The van der Waals surface area contributed by atoms with Crippen LogP contribution < -0.4 is 0 Å². The maximum absolute atomic E-state index is 11.4. The van der Waals surface area contributed by atoms with Crippen LogP contribution in [0, 0.1) is 29.6 Å². The van der Waals surface area contributed by atoms with E-state index < -0.39 is 0 Å². The first-order chi connectivity index (χ1) is 5.75. The quantitative estimate of drug-likeness (QED) is 0.524. The molecule has 0 amide bonds. The lowest BCUT2D eigenvalue weighted by atomic mass is 9.98. The molecule has 3 nitrogen and oxygen atoms in total. The molecule has 64 valence electrons. The van der Waals surface area contributed by atoms with Crippen molar-refractivity contribution in [1.29, 1.82) is 0 Å². The van der Waals surface area contributed by atoms with Crippen LogP contribution in [0.1, 0.15) is 6.42 Å². The van der Waals surface area contributed by atoms with Crippen molar-refractivity contribution in [3.8, 4) is 0 Å². The molecule has 0 aliphatic heterocycles. The van der Waals surface area contributed by atoms with Gasteiger partial charge in [-0.05, 0) is 18.3 Å². The third kappa shape index (κ3) is 0.490. The van der Waals surface area contributed by atoms with E-state index in [1.807, 2.05) is 0 Å². The number of rotatable bonds is 1. The number of carbonyl (C=O) groups is 2. The van der Waals surface area contributed by atoms with E-state index in [2.05, 4.69) is 4.74 Å². The minimum atomic E-state index is -0.166. The zero-order chi connectivity index (χ0) is 8.46. The van der Waals surface area contributed by atoms with E-state index in [-0.39, 0.29) is 23.7 Å².